The summed E-state index contributed by atoms with van der Waals surface area (Å²) in [5.74, 6) is 1.28. The van der Waals surface area contributed by atoms with Gasteiger partial charge in [-0.2, -0.15) is 5.10 Å². The summed E-state index contributed by atoms with van der Waals surface area (Å²) in [6, 6.07) is 10.9. The SMILES string of the molecule is Cc1ccc(N2C3CCC2CN(C(=O)CCNCc2cccc4ncnn24)C3)nc1. The lowest BCUT2D eigenvalue weighted by molar-refractivity contribution is -0.132. The first-order valence-electron chi connectivity index (χ1n) is 10.7. The third-order valence-corrected chi connectivity index (χ3v) is 6.20. The van der Waals surface area contributed by atoms with E-state index in [1.54, 1.807) is 6.33 Å². The van der Waals surface area contributed by atoms with Gasteiger partial charge in [-0.15, -0.1) is 0 Å². The number of carbonyl (C=O) groups is 1. The molecule has 0 spiro atoms. The maximum atomic E-state index is 12.8. The maximum absolute atomic E-state index is 12.8. The fourth-order valence-corrected chi connectivity index (χ4v) is 4.70. The van der Waals surface area contributed by atoms with E-state index in [0.29, 0.717) is 31.6 Å². The Balaban J connectivity index is 1.13. The number of anilines is 1. The summed E-state index contributed by atoms with van der Waals surface area (Å²) >= 11 is 0. The van der Waals surface area contributed by atoms with Crippen molar-refractivity contribution in [3.05, 3.63) is 54.1 Å². The molecule has 156 valence electrons. The molecule has 3 aromatic heterocycles. The Kier molecular flexibility index (Phi) is 5.08. The Morgan fingerprint density at radius 3 is 2.73 bits per heavy atom. The number of carbonyl (C=O) groups excluding carboxylic acids is 1. The summed E-state index contributed by atoms with van der Waals surface area (Å²) in [5.41, 5.74) is 3.05. The van der Waals surface area contributed by atoms with Crippen LogP contribution in [0.25, 0.3) is 5.65 Å². The van der Waals surface area contributed by atoms with E-state index in [-0.39, 0.29) is 5.91 Å². The number of amides is 1. The zero-order valence-electron chi connectivity index (χ0n) is 17.2. The molecule has 0 aromatic carbocycles. The van der Waals surface area contributed by atoms with Crippen molar-refractivity contribution in [2.45, 2.75) is 44.8 Å². The van der Waals surface area contributed by atoms with Gasteiger partial charge in [0.25, 0.3) is 0 Å². The molecule has 2 fully saturated rings. The summed E-state index contributed by atoms with van der Waals surface area (Å²) in [5, 5.41) is 7.62. The van der Waals surface area contributed by atoms with Gasteiger partial charge in [0.2, 0.25) is 5.91 Å². The lowest BCUT2D eigenvalue weighted by atomic mass is 10.1. The van der Waals surface area contributed by atoms with E-state index < -0.39 is 0 Å². The molecule has 2 bridgehead atoms. The van der Waals surface area contributed by atoms with E-state index >= 15 is 0 Å². The Morgan fingerprint density at radius 2 is 1.97 bits per heavy atom. The first kappa shape index (κ1) is 19.0. The summed E-state index contributed by atoms with van der Waals surface area (Å²) in [7, 11) is 0. The Morgan fingerprint density at radius 1 is 1.13 bits per heavy atom. The van der Waals surface area contributed by atoms with Gasteiger partial charge in [-0.05, 0) is 43.5 Å². The van der Waals surface area contributed by atoms with E-state index in [1.807, 2.05) is 33.8 Å². The standard InChI is InChI=1S/C22H27N7O/c1-16-5-8-20(24-11-16)28-18-6-7-19(28)14-27(13-18)22(30)9-10-23-12-17-3-2-4-21-25-15-26-29(17)21/h2-5,8,11,15,18-19,23H,6-7,9-10,12-14H2,1H3. The number of nitrogens with one attached hydrogen (secondary N) is 1. The number of piperazine rings is 1. The molecule has 30 heavy (non-hydrogen) atoms. The third kappa shape index (κ3) is 3.63. The van der Waals surface area contributed by atoms with Crippen LogP contribution in [0.5, 0.6) is 0 Å². The van der Waals surface area contributed by atoms with Crippen LogP contribution >= 0.6 is 0 Å². The Labute approximate surface area is 175 Å². The van der Waals surface area contributed by atoms with Crippen molar-refractivity contribution in [3.8, 4) is 0 Å². The van der Waals surface area contributed by atoms with Crippen molar-refractivity contribution < 1.29 is 4.79 Å². The number of likely N-dealkylation sites (tertiary alicyclic amines) is 1. The Bertz CT molecular complexity index is 1020. The fourth-order valence-electron chi connectivity index (χ4n) is 4.70. The summed E-state index contributed by atoms with van der Waals surface area (Å²) in [4.78, 5) is 26.1. The molecule has 5 rings (SSSR count). The van der Waals surface area contributed by atoms with Crippen LogP contribution in [0.1, 0.15) is 30.5 Å². The monoisotopic (exact) mass is 405 g/mol. The number of aromatic nitrogens is 4. The quantitative estimate of drug-likeness (QED) is 0.630. The number of aryl methyl sites for hydroxylation is 1. The number of pyridine rings is 2. The van der Waals surface area contributed by atoms with Crippen LogP contribution in [0.4, 0.5) is 5.82 Å². The van der Waals surface area contributed by atoms with Crippen molar-refractivity contribution in [1.29, 1.82) is 0 Å². The van der Waals surface area contributed by atoms with Crippen molar-refractivity contribution in [2.24, 2.45) is 0 Å². The fraction of sp³-hybridized carbons (Fsp3) is 0.455. The van der Waals surface area contributed by atoms with E-state index in [9.17, 15) is 4.79 Å². The van der Waals surface area contributed by atoms with Crippen molar-refractivity contribution >= 4 is 17.4 Å². The van der Waals surface area contributed by atoms with Gasteiger partial charge in [0.1, 0.15) is 12.1 Å². The summed E-state index contributed by atoms with van der Waals surface area (Å²) < 4.78 is 1.82. The largest absolute Gasteiger partial charge is 0.347 e. The molecule has 2 aliphatic rings. The second kappa shape index (κ2) is 8.02. The minimum absolute atomic E-state index is 0.231. The molecule has 1 N–H and O–H groups in total. The van der Waals surface area contributed by atoms with Crippen LogP contribution in [-0.4, -0.2) is 62.1 Å². The van der Waals surface area contributed by atoms with Gasteiger partial charge in [0, 0.05) is 50.9 Å². The maximum Gasteiger partial charge on any atom is 0.223 e. The average molecular weight is 406 g/mol. The Hall–Kier alpha value is -3.00. The van der Waals surface area contributed by atoms with Gasteiger partial charge < -0.3 is 15.1 Å². The molecule has 1 amide bonds. The van der Waals surface area contributed by atoms with Crippen molar-refractivity contribution in [2.75, 3.05) is 24.5 Å². The highest BCUT2D eigenvalue weighted by molar-refractivity contribution is 5.77. The molecular weight excluding hydrogens is 378 g/mol. The normalized spacial score (nSPS) is 20.8. The first-order chi connectivity index (χ1) is 14.7. The number of hydrogen-bond acceptors (Lipinski definition) is 6. The van der Waals surface area contributed by atoms with Crippen LogP contribution < -0.4 is 10.2 Å². The number of hydrogen-bond donors (Lipinski definition) is 1. The molecule has 2 unspecified atom stereocenters. The molecule has 8 heteroatoms. The zero-order valence-corrected chi connectivity index (χ0v) is 17.2. The van der Waals surface area contributed by atoms with Gasteiger partial charge in [0.15, 0.2) is 5.65 Å². The predicted octanol–water partition coefficient (Wildman–Crippen LogP) is 1.79. The second-order valence-electron chi connectivity index (χ2n) is 8.26. The molecule has 0 aliphatic carbocycles. The number of rotatable bonds is 6. The van der Waals surface area contributed by atoms with Crippen LogP contribution in [0.3, 0.4) is 0 Å². The average Bonchev–Trinajstić information content (AvgIpc) is 3.34. The van der Waals surface area contributed by atoms with Crippen LogP contribution in [-0.2, 0) is 11.3 Å². The molecular formula is C22H27N7O. The van der Waals surface area contributed by atoms with Gasteiger partial charge in [-0.25, -0.2) is 14.5 Å². The highest BCUT2D eigenvalue weighted by Gasteiger charge is 2.41. The van der Waals surface area contributed by atoms with Gasteiger partial charge in [-0.1, -0.05) is 12.1 Å². The number of nitrogens with zero attached hydrogens (tertiary/aromatic N) is 6. The molecule has 3 aromatic rings. The minimum Gasteiger partial charge on any atom is -0.347 e. The molecule has 8 nitrogen and oxygen atoms in total. The van der Waals surface area contributed by atoms with Gasteiger partial charge >= 0.3 is 0 Å². The molecule has 0 saturated carbocycles. The second-order valence-corrected chi connectivity index (χ2v) is 8.26. The highest BCUT2D eigenvalue weighted by atomic mass is 16.2. The molecule has 2 saturated heterocycles. The van der Waals surface area contributed by atoms with Gasteiger partial charge in [-0.3, -0.25) is 4.79 Å². The lowest BCUT2D eigenvalue weighted by Crippen LogP contribution is -2.56. The van der Waals surface area contributed by atoms with Crippen molar-refractivity contribution in [1.82, 2.24) is 29.8 Å². The van der Waals surface area contributed by atoms with E-state index in [0.717, 1.165) is 43.1 Å². The van der Waals surface area contributed by atoms with Crippen LogP contribution in [0.15, 0.2) is 42.9 Å². The molecule has 5 heterocycles. The van der Waals surface area contributed by atoms with E-state index in [4.69, 9.17) is 0 Å². The van der Waals surface area contributed by atoms with Crippen LogP contribution in [0, 0.1) is 6.92 Å². The molecule has 2 atom stereocenters. The third-order valence-electron chi connectivity index (χ3n) is 6.20. The first-order valence-corrected chi connectivity index (χ1v) is 10.7. The lowest BCUT2D eigenvalue weighted by Gasteiger charge is -2.42. The van der Waals surface area contributed by atoms with Crippen molar-refractivity contribution in [3.63, 3.8) is 0 Å². The van der Waals surface area contributed by atoms with Crippen LogP contribution in [0.2, 0.25) is 0 Å². The minimum atomic E-state index is 0.231. The van der Waals surface area contributed by atoms with E-state index in [1.165, 1.54) is 5.56 Å². The predicted molar refractivity (Wildman–Crippen MR) is 114 cm³/mol. The summed E-state index contributed by atoms with van der Waals surface area (Å²) in [6.07, 6.45) is 6.25. The zero-order chi connectivity index (χ0) is 20.5. The smallest absolute Gasteiger partial charge is 0.223 e. The van der Waals surface area contributed by atoms with Gasteiger partial charge in [0.05, 0.1) is 5.69 Å². The molecule has 0 radical (unpaired) electrons. The van der Waals surface area contributed by atoms with E-state index in [2.05, 4.69) is 44.3 Å². The highest BCUT2D eigenvalue weighted by Crippen LogP contribution is 2.34. The topological polar surface area (TPSA) is 78.7 Å². The molecule has 2 aliphatic heterocycles. The number of fused-ring (bicyclic) bond motifs is 3. The summed E-state index contributed by atoms with van der Waals surface area (Å²) in [6.45, 7) is 4.96.